The van der Waals surface area contributed by atoms with Gasteiger partial charge in [-0.25, -0.2) is 4.79 Å². The lowest BCUT2D eigenvalue weighted by Gasteiger charge is -2.08. The van der Waals surface area contributed by atoms with Crippen LogP contribution in [0.3, 0.4) is 0 Å². The van der Waals surface area contributed by atoms with Crippen molar-refractivity contribution in [1.82, 2.24) is 0 Å². The van der Waals surface area contributed by atoms with Crippen LogP contribution >= 0.6 is 0 Å². The van der Waals surface area contributed by atoms with Crippen LogP contribution < -0.4 is 4.74 Å². The number of carbonyl (C=O) groups excluding carboxylic acids is 1. The number of nitrogens with zero attached hydrogens (tertiary/aromatic N) is 1. The maximum absolute atomic E-state index is 11.3. The molecule has 2 rings (SSSR count). The van der Waals surface area contributed by atoms with Gasteiger partial charge in [-0.2, -0.15) is 5.26 Å². The number of carbonyl (C=O) groups is 1. The number of rotatable bonds is 4. The normalized spacial score (nSPS) is 9.60. The lowest BCUT2D eigenvalue weighted by molar-refractivity contribution is 0.0600. The maximum atomic E-state index is 11.3. The molecule has 0 aliphatic heterocycles. The van der Waals surface area contributed by atoms with Crippen LogP contribution in [0.1, 0.15) is 21.5 Å². The fraction of sp³-hybridized carbons (Fsp3) is 0.125. The third-order valence-corrected chi connectivity index (χ3v) is 2.81. The number of ether oxygens (including phenoxy) is 2. The Morgan fingerprint density at radius 1 is 1.15 bits per heavy atom. The molecule has 4 nitrogen and oxygen atoms in total. The molecule has 0 radical (unpaired) electrons. The summed E-state index contributed by atoms with van der Waals surface area (Å²) in [6, 6.07) is 16.1. The van der Waals surface area contributed by atoms with Gasteiger partial charge < -0.3 is 9.47 Å². The lowest BCUT2D eigenvalue weighted by Crippen LogP contribution is -2.01. The first-order chi connectivity index (χ1) is 9.74. The van der Waals surface area contributed by atoms with Gasteiger partial charge in [0.2, 0.25) is 0 Å². The van der Waals surface area contributed by atoms with E-state index < -0.39 is 0 Å². The average Bonchev–Trinajstić information content (AvgIpc) is 2.53. The minimum Gasteiger partial charge on any atom is -0.489 e. The summed E-state index contributed by atoms with van der Waals surface area (Å²) in [5, 5.41) is 8.98. The highest BCUT2D eigenvalue weighted by Crippen LogP contribution is 2.16. The summed E-state index contributed by atoms with van der Waals surface area (Å²) in [5.74, 6) is 0.247. The zero-order valence-electron chi connectivity index (χ0n) is 11.0. The van der Waals surface area contributed by atoms with Gasteiger partial charge in [-0.1, -0.05) is 18.2 Å². The fourth-order valence-electron chi connectivity index (χ4n) is 1.72. The quantitative estimate of drug-likeness (QED) is 0.799. The number of esters is 1. The standard InChI is InChI=1S/C16H13NO3/c1-19-16(18)12-6-8-15(9-7-12)20-11-14-5-3-2-4-13(14)10-17/h2-9H,11H2,1H3. The van der Waals surface area contributed by atoms with Crippen LogP contribution in [0.4, 0.5) is 0 Å². The zero-order valence-corrected chi connectivity index (χ0v) is 11.0. The Kier molecular flexibility index (Phi) is 4.35. The first kappa shape index (κ1) is 13.6. The molecule has 0 saturated carbocycles. The predicted molar refractivity (Wildman–Crippen MR) is 73.3 cm³/mol. The summed E-state index contributed by atoms with van der Waals surface area (Å²) in [6.07, 6.45) is 0. The highest BCUT2D eigenvalue weighted by Gasteiger charge is 2.05. The highest BCUT2D eigenvalue weighted by atomic mass is 16.5. The van der Waals surface area contributed by atoms with Crippen LogP contribution in [0.25, 0.3) is 0 Å². The number of methoxy groups -OCH3 is 1. The number of hydrogen-bond donors (Lipinski definition) is 0. The smallest absolute Gasteiger partial charge is 0.337 e. The molecule has 0 aliphatic rings. The molecule has 0 saturated heterocycles. The van der Waals surface area contributed by atoms with E-state index in [9.17, 15) is 4.79 Å². The summed E-state index contributed by atoms with van der Waals surface area (Å²) in [7, 11) is 1.34. The molecule has 0 N–H and O–H groups in total. The third kappa shape index (κ3) is 3.15. The largest absolute Gasteiger partial charge is 0.489 e. The van der Waals surface area contributed by atoms with E-state index in [1.165, 1.54) is 7.11 Å². The molecule has 0 amide bonds. The van der Waals surface area contributed by atoms with E-state index in [0.29, 0.717) is 23.5 Å². The lowest BCUT2D eigenvalue weighted by atomic mass is 10.1. The molecule has 0 aliphatic carbocycles. The summed E-state index contributed by atoms with van der Waals surface area (Å²) >= 11 is 0. The van der Waals surface area contributed by atoms with Gasteiger partial charge in [0, 0.05) is 5.56 Å². The number of hydrogen-bond acceptors (Lipinski definition) is 4. The fourth-order valence-corrected chi connectivity index (χ4v) is 1.72. The van der Waals surface area contributed by atoms with Gasteiger partial charge in [0.15, 0.2) is 0 Å². The summed E-state index contributed by atoms with van der Waals surface area (Å²) in [5.41, 5.74) is 1.89. The molecule has 2 aromatic carbocycles. The second kappa shape index (κ2) is 6.39. The summed E-state index contributed by atoms with van der Waals surface area (Å²) in [6.45, 7) is 0.307. The minimum atomic E-state index is -0.383. The van der Waals surface area contributed by atoms with Crippen LogP contribution in [0.5, 0.6) is 5.75 Å². The van der Waals surface area contributed by atoms with Crippen LogP contribution in [0, 0.1) is 11.3 Å². The predicted octanol–water partition coefficient (Wildman–Crippen LogP) is 2.92. The van der Waals surface area contributed by atoms with E-state index in [1.54, 1.807) is 30.3 Å². The molecule has 0 spiro atoms. The Bertz CT molecular complexity index is 642. The van der Waals surface area contributed by atoms with Gasteiger partial charge in [-0.15, -0.1) is 0 Å². The van der Waals surface area contributed by atoms with Gasteiger partial charge in [0.25, 0.3) is 0 Å². The Morgan fingerprint density at radius 3 is 2.50 bits per heavy atom. The summed E-state index contributed by atoms with van der Waals surface area (Å²) in [4.78, 5) is 11.3. The van der Waals surface area contributed by atoms with Crippen molar-refractivity contribution in [3.8, 4) is 11.8 Å². The van der Waals surface area contributed by atoms with Crippen LogP contribution in [0.2, 0.25) is 0 Å². The van der Waals surface area contributed by atoms with Crippen LogP contribution in [-0.2, 0) is 11.3 Å². The molecular formula is C16H13NO3. The van der Waals surface area contributed by atoms with Gasteiger partial charge in [0.05, 0.1) is 24.3 Å². The molecule has 100 valence electrons. The van der Waals surface area contributed by atoms with E-state index >= 15 is 0 Å². The van der Waals surface area contributed by atoms with Gasteiger partial charge in [-0.3, -0.25) is 0 Å². The molecule has 2 aromatic rings. The van der Waals surface area contributed by atoms with E-state index in [1.807, 2.05) is 18.2 Å². The molecule has 0 heterocycles. The topological polar surface area (TPSA) is 59.3 Å². The molecule has 20 heavy (non-hydrogen) atoms. The third-order valence-electron chi connectivity index (χ3n) is 2.81. The Labute approximate surface area is 117 Å². The highest BCUT2D eigenvalue weighted by molar-refractivity contribution is 5.89. The van der Waals surface area contributed by atoms with Crippen LogP contribution in [0.15, 0.2) is 48.5 Å². The van der Waals surface area contributed by atoms with Crippen molar-refractivity contribution in [3.63, 3.8) is 0 Å². The molecule has 0 aromatic heterocycles. The Hall–Kier alpha value is -2.80. The van der Waals surface area contributed by atoms with Crippen molar-refractivity contribution in [2.75, 3.05) is 7.11 Å². The molecule has 0 unspecified atom stereocenters. The van der Waals surface area contributed by atoms with Gasteiger partial charge >= 0.3 is 5.97 Å². The van der Waals surface area contributed by atoms with E-state index in [4.69, 9.17) is 10.00 Å². The summed E-state index contributed by atoms with van der Waals surface area (Å²) < 4.78 is 10.2. The monoisotopic (exact) mass is 267 g/mol. The number of benzene rings is 2. The van der Waals surface area contributed by atoms with Crippen molar-refractivity contribution in [3.05, 3.63) is 65.2 Å². The van der Waals surface area contributed by atoms with Crippen molar-refractivity contribution < 1.29 is 14.3 Å². The Morgan fingerprint density at radius 2 is 1.85 bits per heavy atom. The van der Waals surface area contributed by atoms with Crippen molar-refractivity contribution in [1.29, 1.82) is 5.26 Å². The van der Waals surface area contributed by atoms with E-state index in [-0.39, 0.29) is 5.97 Å². The van der Waals surface area contributed by atoms with Crippen molar-refractivity contribution in [2.24, 2.45) is 0 Å². The van der Waals surface area contributed by atoms with Crippen molar-refractivity contribution >= 4 is 5.97 Å². The average molecular weight is 267 g/mol. The van der Waals surface area contributed by atoms with Crippen LogP contribution in [-0.4, -0.2) is 13.1 Å². The molecule has 0 bridgehead atoms. The number of nitriles is 1. The maximum Gasteiger partial charge on any atom is 0.337 e. The van der Waals surface area contributed by atoms with E-state index in [2.05, 4.69) is 10.8 Å². The molecule has 0 atom stereocenters. The molecular weight excluding hydrogens is 254 g/mol. The van der Waals surface area contributed by atoms with Gasteiger partial charge in [-0.05, 0) is 30.3 Å². The molecule has 4 heteroatoms. The Balaban J connectivity index is 2.04. The molecule has 0 fully saturated rings. The van der Waals surface area contributed by atoms with E-state index in [0.717, 1.165) is 5.56 Å². The second-order valence-electron chi connectivity index (χ2n) is 4.07. The van der Waals surface area contributed by atoms with Crippen molar-refractivity contribution in [2.45, 2.75) is 6.61 Å². The minimum absolute atomic E-state index is 0.307. The van der Waals surface area contributed by atoms with Gasteiger partial charge in [0.1, 0.15) is 12.4 Å². The zero-order chi connectivity index (χ0) is 14.4. The first-order valence-corrected chi connectivity index (χ1v) is 6.04. The SMILES string of the molecule is COC(=O)c1ccc(OCc2ccccc2C#N)cc1. The first-order valence-electron chi connectivity index (χ1n) is 6.04. The second-order valence-corrected chi connectivity index (χ2v) is 4.07.